The van der Waals surface area contributed by atoms with Crippen LogP contribution in [-0.4, -0.2) is 33.8 Å². The molecule has 0 radical (unpaired) electrons. The van der Waals surface area contributed by atoms with Crippen LogP contribution >= 0.6 is 0 Å². The molecular weight excluding hydrogens is 254 g/mol. The Labute approximate surface area is 118 Å². The van der Waals surface area contributed by atoms with Crippen LogP contribution in [0.1, 0.15) is 23.8 Å². The van der Waals surface area contributed by atoms with Gasteiger partial charge in [-0.25, -0.2) is 4.98 Å². The number of hydrogen-bond acceptors (Lipinski definition) is 4. The van der Waals surface area contributed by atoms with Gasteiger partial charge in [0.15, 0.2) is 0 Å². The molecule has 0 unspecified atom stereocenters. The smallest absolute Gasteiger partial charge is 0.269 e. The lowest BCUT2D eigenvalue weighted by Crippen LogP contribution is -2.26. The Morgan fingerprint density at radius 1 is 1.35 bits per heavy atom. The van der Waals surface area contributed by atoms with Crippen molar-refractivity contribution >= 4 is 11.7 Å². The first kappa shape index (κ1) is 14.0. The second-order valence-corrected chi connectivity index (χ2v) is 4.32. The molecule has 2 rings (SSSR count). The maximum Gasteiger partial charge on any atom is 0.269 e. The van der Waals surface area contributed by atoms with Crippen LogP contribution in [0.25, 0.3) is 0 Å². The average molecular weight is 273 g/mol. The molecule has 0 saturated carbocycles. The van der Waals surface area contributed by atoms with Gasteiger partial charge in [-0.1, -0.05) is 6.07 Å². The van der Waals surface area contributed by atoms with Crippen molar-refractivity contribution in [3.63, 3.8) is 0 Å². The first-order chi connectivity index (χ1) is 9.79. The lowest BCUT2D eigenvalue weighted by atomic mass is 10.3. The van der Waals surface area contributed by atoms with Gasteiger partial charge < -0.3 is 10.6 Å². The highest BCUT2D eigenvalue weighted by molar-refractivity contribution is 5.92. The van der Waals surface area contributed by atoms with Crippen LogP contribution in [0.15, 0.2) is 36.7 Å². The standard InChI is InChI=1S/C14H19N5O/c1-2-15-13-7-3-6-12(18-13)14(20)16-8-4-10-19-11-5-9-17-19/h3,5-7,9,11H,2,4,8,10H2,1H3,(H,15,18)(H,16,20). The van der Waals surface area contributed by atoms with E-state index in [2.05, 4.69) is 20.7 Å². The molecule has 0 fully saturated rings. The normalized spacial score (nSPS) is 10.2. The minimum absolute atomic E-state index is 0.148. The maximum atomic E-state index is 11.9. The number of aryl methyl sites for hydroxylation is 1. The van der Waals surface area contributed by atoms with Crippen molar-refractivity contribution < 1.29 is 4.79 Å². The Bertz CT molecular complexity index is 538. The van der Waals surface area contributed by atoms with Crippen LogP contribution in [0, 0.1) is 0 Å². The molecule has 0 aliphatic carbocycles. The van der Waals surface area contributed by atoms with Crippen LogP contribution in [0.3, 0.4) is 0 Å². The fourth-order valence-corrected chi connectivity index (χ4v) is 1.81. The Kier molecular flexibility index (Phi) is 5.11. The van der Waals surface area contributed by atoms with Gasteiger partial charge in [0.1, 0.15) is 11.5 Å². The number of anilines is 1. The monoisotopic (exact) mass is 273 g/mol. The molecule has 2 aromatic rings. The second-order valence-electron chi connectivity index (χ2n) is 4.32. The number of amides is 1. The summed E-state index contributed by atoms with van der Waals surface area (Å²) < 4.78 is 1.84. The van der Waals surface area contributed by atoms with Crippen molar-refractivity contribution in [2.75, 3.05) is 18.4 Å². The third-order valence-electron chi connectivity index (χ3n) is 2.75. The number of hydrogen-bond donors (Lipinski definition) is 2. The first-order valence-corrected chi connectivity index (χ1v) is 6.76. The molecule has 1 amide bonds. The second kappa shape index (κ2) is 7.28. The van der Waals surface area contributed by atoms with Crippen LogP contribution in [-0.2, 0) is 6.54 Å². The summed E-state index contributed by atoms with van der Waals surface area (Å²) in [5.41, 5.74) is 0.433. The van der Waals surface area contributed by atoms with Crippen molar-refractivity contribution in [2.45, 2.75) is 19.9 Å². The molecule has 6 nitrogen and oxygen atoms in total. The fraction of sp³-hybridized carbons (Fsp3) is 0.357. The van der Waals surface area contributed by atoms with E-state index >= 15 is 0 Å². The number of nitrogens with one attached hydrogen (secondary N) is 2. The van der Waals surface area contributed by atoms with Crippen LogP contribution in [0.4, 0.5) is 5.82 Å². The summed E-state index contributed by atoms with van der Waals surface area (Å²) in [6, 6.07) is 7.26. The molecule has 0 saturated heterocycles. The molecule has 0 spiro atoms. The Hall–Kier alpha value is -2.37. The van der Waals surface area contributed by atoms with E-state index in [1.54, 1.807) is 12.3 Å². The molecule has 0 aliphatic rings. The fourth-order valence-electron chi connectivity index (χ4n) is 1.81. The first-order valence-electron chi connectivity index (χ1n) is 6.76. The molecule has 0 atom stereocenters. The van der Waals surface area contributed by atoms with Gasteiger partial charge in [0.2, 0.25) is 0 Å². The Balaban J connectivity index is 1.78. The zero-order chi connectivity index (χ0) is 14.2. The lowest BCUT2D eigenvalue weighted by molar-refractivity contribution is 0.0948. The highest BCUT2D eigenvalue weighted by Crippen LogP contribution is 2.04. The minimum Gasteiger partial charge on any atom is -0.370 e. The summed E-state index contributed by atoms with van der Waals surface area (Å²) in [5.74, 6) is 0.571. The highest BCUT2D eigenvalue weighted by Gasteiger charge is 2.06. The van der Waals surface area contributed by atoms with Gasteiger partial charge in [-0.15, -0.1) is 0 Å². The highest BCUT2D eigenvalue weighted by atomic mass is 16.1. The number of carbonyl (C=O) groups is 1. The maximum absolute atomic E-state index is 11.9. The predicted octanol–water partition coefficient (Wildman–Crippen LogP) is 1.53. The average Bonchev–Trinajstić information content (AvgIpc) is 2.97. The zero-order valence-electron chi connectivity index (χ0n) is 11.5. The van der Waals surface area contributed by atoms with E-state index in [9.17, 15) is 4.79 Å². The third kappa shape index (κ3) is 4.08. The van der Waals surface area contributed by atoms with E-state index in [1.807, 2.05) is 36.0 Å². The van der Waals surface area contributed by atoms with Crippen LogP contribution in [0.5, 0.6) is 0 Å². The molecule has 0 aliphatic heterocycles. The molecule has 106 valence electrons. The van der Waals surface area contributed by atoms with E-state index in [-0.39, 0.29) is 5.91 Å². The van der Waals surface area contributed by atoms with Gasteiger partial charge in [0, 0.05) is 32.0 Å². The zero-order valence-corrected chi connectivity index (χ0v) is 11.5. The van der Waals surface area contributed by atoms with Gasteiger partial charge in [0.05, 0.1) is 0 Å². The summed E-state index contributed by atoms with van der Waals surface area (Å²) in [4.78, 5) is 16.2. The van der Waals surface area contributed by atoms with Crippen molar-refractivity contribution in [1.29, 1.82) is 0 Å². The molecule has 20 heavy (non-hydrogen) atoms. The minimum atomic E-state index is -0.148. The predicted molar refractivity (Wildman–Crippen MR) is 77.6 cm³/mol. The lowest BCUT2D eigenvalue weighted by Gasteiger charge is -2.07. The van der Waals surface area contributed by atoms with Gasteiger partial charge in [-0.05, 0) is 31.5 Å². The summed E-state index contributed by atoms with van der Waals surface area (Å²) in [6.07, 6.45) is 4.48. The Morgan fingerprint density at radius 3 is 3.00 bits per heavy atom. The van der Waals surface area contributed by atoms with Crippen LogP contribution in [0.2, 0.25) is 0 Å². The number of rotatable bonds is 7. The summed E-state index contributed by atoms with van der Waals surface area (Å²) >= 11 is 0. The molecular formula is C14H19N5O. The molecule has 0 bridgehead atoms. The van der Waals surface area contributed by atoms with E-state index in [0.717, 1.165) is 25.3 Å². The van der Waals surface area contributed by atoms with Gasteiger partial charge >= 0.3 is 0 Å². The van der Waals surface area contributed by atoms with Gasteiger partial charge in [-0.2, -0.15) is 5.10 Å². The summed E-state index contributed by atoms with van der Waals surface area (Å²) in [7, 11) is 0. The van der Waals surface area contributed by atoms with Crippen LogP contribution < -0.4 is 10.6 Å². The van der Waals surface area contributed by atoms with E-state index in [4.69, 9.17) is 0 Å². The third-order valence-corrected chi connectivity index (χ3v) is 2.75. The SMILES string of the molecule is CCNc1cccc(C(=O)NCCCn2cccn2)n1. The van der Waals surface area contributed by atoms with Gasteiger partial charge in [-0.3, -0.25) is 9.48 Å². The molecule has 0 aromatic carbocycles. The van der Waals surface area contributed by atoms with Crippen molar-refractivity contribution in [1.82, 2.24) is 20.1 Å². The summed E-state index contributed by atoms with van der Waals surface area (Å²) in [6.45, 7) is 4.16. The van der Waals surface area contributed by atoms with Gasteiger partial charge in [0.25, 0.3) is 5.91 Å². The van der Waals surface area contributed by atoms with E-state index in [0.29, 0.717) is 12.2 Å². The number of pyridine rings is 1. The molecule has 6 heteroatoms. The van der Waals surface area contributed by atoms with Crippen molar-refractivity contribution in [3.8, 4) is 0 Å². The quantitative estimate of drug-likeness (QED) is 0.750. The van der Waals surface area contributed by atoms with Crippen molar-refractivity contribution in [2.24, 2.45) is 0 Å². The molecule has 2 aromatic heterocycles. The Morgan fingerprint density at radius 2 is 2.25 bits per heavy atom. The largest absolute Gasteiger partial charge is 0.370 e. The molecule has 2 N–H and O–H groups in total. The summed E-state index contributed by atoms with van der Waals surface area (Å²) in [5, 5.41) is 10.1. The number of nitrogens with zero attached hydrogens (tertiary/aromatic N) is 3. The number of aromatic nitrogens is 3. The van der Waals surface area contributed by atoms with E-state index < -0.39 is 0 Å². The van der Waals surface area contributed by atoms with E-state index in [1.165, 1.54) is 0 Å². The number of carbonyl (C=O) groups excluding carboxylic acids is 1. The van der Waals surface area contributed by atoms with Crippen molar-refractivity contribution in [3.05, 3.63) is 42.4 Å². The molecule has 2 heterocycles. The topological polar surface area (TPSA) is 71.8 Å².